The zero-order valence-corrected chi connectivity index (χ0v) is 23.1. The standard InChI is InChI=1S/C29H29ClFN5O4/c1-36-27(33-16-34-36)15-40-24-10-7-19(13-26(24)39-3)29(37)32-14-20(17-4-5-17)23-9-11-25(38-2)28(35-23)18-6-8-22(31)21(30)12-18/h6-13,16-17,20H,4-5,14-15H2,1-3H3,(H,32,37). The average Bonchev–Trinajstić information content (AvgIpc) is 3.73. The molecule has 40 heavy (non-hydrogen) atoms. The molecule has 2 aromatic carbocycles. The lowest BCUT2D eigenvalue weighted by molar-refractivity contribution is 0.0949. The van der Waals surface area contributed by atoms with E-state index in [1.165, 1.54) is 25.6 Å². The van der Waals surface area contributed by atoms with Crippen molar-refractivity contribution in [1.29, 1.82) is 0 Å². The van der Waals surface area contributed by atoms with Gasteiger partial charge in [-0.1, -0.05) is 11.6 Å². The molecule has 0 bridgehead atoms. The molecule has 11 heteroatoms. The Morgan fingerprint density at radius 1 is 1.10 bits per heavy atom. The van der Waals surface area contributed by atoms with Crippen molar-refractivity contribution in [1.82, 2.24) is 25.1 Å². The van der Waals surface area contributed by atoms with Crippen molar-refractivity contribution >= 4 is 17.5 Å². The molecule has 2 aromatic heterocycles. The van der Waals surface area contributed by atoms with E-state index in [1.807, 2.05) is 12.1 Å². The maximum absolute atomic E-state index is 13.8. The van der Waals surface area contributed by atoms with Crippen LogP contribution in [-0.2, 0) is 13.7 Å². The van der Waals surface area contributed by atoms with Crippen molar-refractivity contribution in [3.8, 4) is 28.5 Å². The smallest absolute Gasteiger partial charge is 0.251 e. The molecule has 1 unspecified atom stereocenters. The van der Waals surface area contributed by atoms with Crippen molar-refractivity contribution in [2.45, 2.75) is 25.4 Å². The summed E-state index contributed by atoms with van der Waals surface area (Å²) in [5, 5.41) is 7.10. The summed E-state index contributed by atoms with van der Waals surface area (Å²) in [4.78, 5) is 22.2. The third-order valence-corrected chi connectivity index (χ3v) is 7.22. The predicted molar refractivity (Wildman–Crippen MR) is 147 cm³/mol. The summed E-state index contributed by atoms with van der Waals surface area (Å²) in [7, 11) is 4.87. The summed E-state index contributed by atoms with van der Waals surface area (Å²) in [5.41, 5.74) is 2.49. The molecule has 1 fully saturated rings. The molecule has 1 aliphatic carbocycles. The van der Waals surface area contributed by atoms with Crippen LogP contribution in [0, 0.1) is 11.7 Å². The zero-order valence-electron chi connectivity index (χ0n) is 22.4. The first-order valence-corrected chi connectivity index (χ1v) is 13.2. The lowest BCUT2D eigenvalue weighted by atomic mass is 9.97. The summed E-state index contributed by atoms with van der Waals surface area (Å²) in [6.45, 7) is 0.613. The van der Waals surface area contributed by atoms with Crippen LogP contribution in [-0.4, -0.2) is 46.4 Å². The second kappa shape index (κ2) is 11.9. The van der Waals surface area contributed by atoms with E-state index in [-0.39, 0.29) is 23.5 Å². The molecule has 0 radical (unpaired) electrons. The first-order chi connectivity index (χ1) is 19.4. The number of nitrogens with one attached hydrogen (secondary N) is 1. The minimum atomic E-state index is -0.499. The van der Waals surface area contributed by atoms with E-state index >= 15 is 0 Å². The SMILES string of the molecule is COc1cc(C(=O)NCC(c2ccc(OC)c(-c3ccc(F)c(Cl)c3)n2)C2CC2)ccc1OCc1ncnn1C. The highest BCUT2D eigenvalue weighted by Gasteiger charge is 2.34. The highest BCUT2D eigenvalue weighted by molar-refractivity contribution is 6.31. The van der Waals surface area contributed by atoms with Crippen molar-refractivity contribution in [3.05, 3.63) is 82.8 Å². The highest BCUT2D eigenvalue weighted by atomic mass is 35.5. The molecule has 208 valence electrons. The van der Waals surface area contributed by atoms with Crippen LogP contribution in [0.5, 0.6) is 17.2 Å². The van der Waals surface area contributed by atoms with Crippen LogP contribution in [0.2, 0.25) is 5.02 Å². The van der Waals surface area contributed by atoms with Crippen LogP contribution in [0.25, 0.3) is 11.3 Å². The number of pyridine rings is 1. The van der Waals surface area contributed by atoms with Gasteiger partial charge in [0.25, 0.3) is 5.91 Å². The summed E-state index contributed by atoms with van der Waals surface area (Å²) < 4.78 is 32.2. The number of aromatic nitrogens is 4. The van der Waals surface area contributed by atoms with Crippen molar-refractivity contribution in [3.63, 3.8) is 0 Å². The van der Waals surface area contributed by atoms with Crippen molar-refractivity contribution < 1.29 is 23.4 Å². The molecule has 0 spiro atoms. The maximum atomic E-state index is 13.8. The molecular weight excluding hydrogens is 537 g/mol. The number of carbonyl (C=O) groups excluding carboxylic acids is 1. The minimum absolute atomic E-state index is 0.000392. The number of aryl methyl sites for hydroxylation is 1. The average molecular weight is 566 g/mol. The fraction of sp³-hybridized carbons (Fsp3) is 0.310. The molecule has 0 aliphatic heterocycles. The molecule has 1 aliphatic rings. The third-order valence-electron chi connectivity index (χ3n) is 6.93. The van der Waals surface area contributed by atoms with E-state index in [1.54, 1.807) is 43.1 Å². The maximum Gasteiger partial charge on any atom is 0.251 e. The molecule has 2 heterocycles. The number of nitrogens with zero attached hydrogens (tertiary/aromatic N) is 4. The molecular formula is C29H29ClFN5O4. The summed E-state index contributed by atoms with van der Waals surface area (Å²) in [6, 6.07) is 13.3. The van der Waals surface area contributed by atoms with Gasteiger partial charge in [-0.25, -0.2) is 14.4 Å². The quantitative estimate of drug-likeness (QED) is 0.267. The molecule has 1 N–H and O–H groups in total. The van der Waals surface area contributed by atoms with Crippen LogP contribution < -0.4 is 19.5 Å². The van der Waals surface area contributed by atoms with E-state index in [0.717, 1.165) is 18.5 Å². The zero-order chi connectivity index (χ0) is 28.2. The Bertz CT molecular complexity index is 1520. The lowest BCUT2D eigenvalue weighted by Gasteiger charge is -2.19. The number of hydrogen-bond donors (Lipinski definition) is 1. The molecule has 1 amide bonds. The second-order valence-corrected chi connectivity index (χ2v) is 9.93. The Balaban J connectivity index is 1.31. The number of methoxy groups -OCH3 is 2. The van der Waals surface area contributed by atoms with Gasteiger partial charge in [-0.15, -0.1) is 0 Å². The third kappa shape index (κ3) is 6.02. The number of ether oxygens (including phenoxy) is 3. The number of benzene rings is 2. The topological polar surface area (TPSA) is 100 Å². The largest absolute Gasteiger partial charge is 0.494 e. The van der Waals surface area contributed by atoms with E-state index < -0.39 is 5.82 Å². The Morgan fingerprint density at radius 2 is 1.88 bits per heavy atom. The fourth-order valence-electron chi connectivity index (χ4n) is 4.52. The molecule has 0 saturated heterocycles. The van der Waals surface area contributed by atoms with Crippen LogP contribution in [0.3, 0.4) is 0 Å². The lowest BCUT2D eigenvalue weighted by Crippen LogP contribution is -2.29. The van der Waals surface area contributed by atoms with Gasteiger partial charge >= 0.3 is 0 Å². The van der Waals surface area contributed by atoms with E-state index in [4.69, 9.17) is 30.8 Å². The van der Waals surface area contributed by atoms with Crippen LogP contribution in [0.1, 0.15) is 40.6 Å². The molecule has 5 rings (SSSR count). The first-order valence-electron chi connectivity index (χ1n) is 12.8. The number of amides is 1. The van der Waals surface area contributed by atoms with E-state index in [2.05, 4.69) is 15.4 Å². The molecule has 1 atom stereocenters. The van der Waals surface area contributed by atoms with Gasteiger partial charge in [-0.2, -0.15) is 5.10 Å². The Morgan fingerprint density at radius 3 is 2.55 bits per heavy atom. The van der Waals surface area contributed by atoms with Crippen LogP contribution in [0.15, 0.2) is 54.9 Å². The van der Waals surface area contributed by atoms with Crippen molar-refractivity contribution in [2.24, 2.45) is 13.0 Å². The Labute approximate surface area is 236 Å². The van der Waals surface area contributed by atoms with E-state index in [0.29, 0.717) is 52.4 Å². The summed E-state index contributed by atoms with van der Waals surface area (Å²) in [6.07, 6.45) is 3.56. The molecule has 4 aromatic rings. The van der Waals surface area contributed by atoms with E-state index in [9.17, 15) is 9.18 Å². The van der Waals surface area contributed by atoms with Gasteiger partial charge in [0.15, 0.2) is 17.3 Å². The minimum Gasteiger partial charge on any atom is -0.494 e. The Hall–Kier alpha value is -4.18. The molecule has 9 nitrogen and oxygen atoms in total. The van der Waals surface area contributed by atoms with Gasteiger partial charge in [0.1, 0.15) is 30.2 Å². The summed E-state index contributed by atoms with van der Waals surface area (Å²) >= 11 is 6.03. The second-order valence-electron chi connectivity index (χ2n) is 9.52. The number of halogens is 2. The van der Waals surface area contributed by atoms with Crippen LogP contribution in [0.4, 0.5) is 4.39 Å². The Kier molecular flexibility index (Phi) is 8.16. The van der Waals surface area contributed by atoms with Gasteiger partial charge in [0.05, 0.1) is 19.2 Å². The first kappa shape index (κ1) is 27.4. The van der Waals surface area contributed by atoms with Crippen LogP contribution >= 0.6 is 11.6 Å². The number of rotatable bonds is 11. The number of carbonyl (C=O) groups is 1. The van der Waals surface area contributed by atoms with Gasteiger partial charge in [0, 0.05) is 36.3 Å². The monoisotopic (exact) mass is 565 g/mol. The van der Waals surface area contributed by atoms with Gasteiger partial charge in [-0.3, -0.25) is 9.48 Å². The number of hydrogen-bond acceptors (Lipinski definition) is 7. The normalized spacial score (nSPS) is 13.5. The van der Waals surface area contributed by atoms with Crippen molar-refractivity contribution in [2.75, 3.05) is 20.8 Å². The van der Waals surface area contributed by atoms with Gasteiger partial charge in [-0.05, 0) is 67.3 Å². The van der Waals surface area contributed by atoms with Gasteiger partial charge < -0.3 is 19.5 Å². The van der Waals surface area contributed by atoms with Gasteiger partial charge in [0.2, 0.25) is 0 Å². The molecule has 1 saturated carbocycles. The predicted octanol–water partition coefficient (Wildman–Crippen LogP) is 5.19. The summed E-state index contributed by atoms with van der Waals surface area (Å²) in [5.74, 6) is 1.81. The fourth-order valence-corrected chi connectivity index (χ4v) is 4.70. The highest BCUT2D eigenvalue weighted by Crippen LogP contribution is 2.43.